The molecule has 0 amide bonds. The molecular weight excluding hydrogens is 1470 g/mol. The molecule has 0 unspecified atom stereocenters. The molecule has 2 aromatic carbocycles. The van der Waals surface area contributed by atoms with Crippen molar-refractivity contribution in [3.05, 3.63) is 178 Å². The molecule has 0 aliphatic rings. The van der Waals surface area contributed by atoms with Crippen molar-refractivity contribution < 1.29 is 204 Å². The topological polar surface area (TPSA) is 502 Å². The third-order valence-corrected chi connectivity index (χ3v) is 9.08. The smallest absolute Gasteiger partial charge is 0.872 e. The Morgan fingerprint density at radius 2 is 0.635 bits per heavy atom. The van der Waals surface area contributed by atoms with Gasteiger partial charge in [0.25, 0.3) is 0 Å². The summed E-state index contributed by atoms with van der Waals surface area (Å²) in [6.45, 7) is 19.1. The Bertz CT molecular complexity index is 2620. The van der Waals surface area contributed by atoms with Gasteiger partial charge in [-0.05, 0) is 139 Å². The minimum absolute atomic E-state index is 0. The minimum atomic E-state index is -4.94. The molecule has 34 heteroatoms. The molecule has 4 aromatic heterocycles. The maximum atomic E-state index is 13.0. The van der Waals surface area contributed by atoms with Crippen LogP contribution in [0.15, 0.2) is 132 Å². The van der Waals surface area contributed by atoms with Crippen molar-refractivity contribution in [3.63, 3.8) is 0 Å². The van der Waals surface area contributed by atoms with E-state index >= 15 is 0 Å². The van der Waals surface area contributed by atoms with Crippen molar-refractivity contribution in [1.29, 1.82) is 0 Å². The molecule has 6 aromatic rings. The van der Waals surface area contributed by atoms with Gasteiger partial charge in [0, 0.05) is 140 Å². The molecule has 6 rings (SSSR count). The standard InChI is InChI=1S/2C24H28N4O.6C2H4O2.2CH4O.ClHO4.Na.4Ni/c2*1-3-10-25-15-20-13-19(2)14-21(24(20)29)16-28(17-22-8-4-6-11-26-22)18-23-9-5-7-12-27-23;6*1-2(3)4;2*1-2;2-1(3,4)5;;;;;/h2*4-9,11-15,29H,3,10,16-18H2,1-2H3;6*1H3,(H,3,4);2*2H,1H3;(H,2,3,4,5);;;;;/q;;;;;;;;;;;+1;2*+2;2*+3/p-9. The van der Waals surface area contributed by atoms with Gasteiger partial charge in [-0.3, -0.25) is 39.7 Å². The number of rotatable bonds is 18. The molecule has 0 aliphatic heterocycles. The Labute approximate surface area is 625 Å². The van der Waals surface area contributed by atoms with Gasteiger partial charge in [0.05, 0.1) is 22.8 Å². The van der Waals surface area contributed by atoms with Gasteiger partial charge in [-0.1, -0.05) is 85.0 Å². The van der Waals surface area contributed by atoms with E-state index < -0.39 is 46.1 Å². The average molecular weight is 1550 g/mol. The number of carbonyl (C=O) groups is 6. The third-order valence-electron chi connectivity index (χ3n) is 9.08. The van der Waals surface area contributed by atoms with Gasteiger partial charge < -0.3 is 79.8 Å². The first-order chi connectivity index (χ1) is 42.7. The molecular formula is C62H80ClN8NaNi4O20+2. The number of aliphatic carboxylic acids is 6. The van der Waals surface area contributed by atoms with Crippen molar-refractivity contribution in [2.45, 2.75) is 121 Å². The van der Waals surface area contributed by atoms with Crippen molar-refractivity contribution in [3.8, 4) is 11.5 Å². The Kier molecular flexibility index (Phi) is 82.8. The van der Waals surface area contributed by atoms with Gasteiger partial charge in [0.2, 0.25) is 0 Å². The van der Waals surface area contributed by atoms with Crippen LogP contribution in [0.2, 0.25) is 0 Å². The predicted octanol–water partition coefficient (Wildman–Crippen LogP) is -8.23. The zero-order valence-electron chi connectivity index (χ0n) is 55.2. The second-order valence-electron chi connectivity index (χ2n) is 17.7. The largest absolute Gasteiger partial charge is 3.00 e. The number of aliphatic hydroxyl groups is 2. The van der Waals surface area contributed by atoms with Crippen LogP contribution in [0, 0.1) is 24.1 Å². The summed E-state index contributed by atoms with van der Waals surface area (Å²) in [5.41, 5.74) is 8.85. The average Bonchev–Trinajstić information content (AvgIpc) is 0.857. The molecule has 0 aliphatic carbocycles. The number of aliphatic imine (C=N–C) groups is 2. The monoisotopic (exact) mass is 1550 g/mol. The maximum absolute atomic E-state index is 13.0. The van der Waals surface area contributed by atoms with E-state index in [4.69, 9.17) is 88.3 Å². The molecule has 28 nitrogen and oxygen atoms in total. The molecule has 0 atom stereocenters. The summed E-state index contributed by atoms with van der Waals surface area (Å²) in [6, 6.07) is 31.3. The molecule has 96 heavy (non-hydrogen) atoms. The van der Waals surface area contributed by atoms with E-state index in [9.17, 15) is 10.2 Å². The van der Waals surface area contributed by atoms with Crippen LogP contribution in [0.4, 0.5) is 0 Å². The number of pyridine rings is 4. The zero-order valence-corrected chi connectivity index (χ0v) is 61.9. The van der Waals surface area contributed by atoms with Gasteiger partial charge in [0.1, 0.15) is 0 Å². The van der Waals surface area contributed by atoms with Crippen LogP contribution in [-0.2, 0) is 134 Å². The number of halogens is 1. The van der Waals surface area contributed by atoms with Crippen LogP contribution in [-0.4, -0.2) is 116 Å². The fourth-order valence-corrected chi connectivity index (χ4v) is 6.47. The number of benzene rings is 2. The number of hydrogen-bond acceptors (Lipinski definition) is 28. The van der Waals surface area contributed by atoms with E-state index in [-0.39, 0.29) is 107 Å². The first kappa shape index (κ1) is 111. The van der Waals surface area contributed by atoms with Gasteiger partial charge in [0.15, 0.2) is 0 Å². The molecule has 0 spiro atoms. The molecule has 0 saturated carbocycles. The van der Waals surface area contributed by atoms with E-state index in [1.54, 1.807) is 37.2 Å². The Hall–Kier alpha value is -6.26. The molecule has 0 bridgehead atoms. The number of aromatic nitrogens is 4. The fraction of sp³-hybridized carbons (Fsp3) is 0.355. The summed E-state index contributed by atoms with van der Waals surface area (Å²) >= 11 is 0. The first-order valence-electron chi connectivity index (χ1n) is 26.9. The summed E-state index contributed by atoms with van der Waals surface area (Å²) < 4.78 is 34.0. The van der Waals surface area contributed by atoms with Crippen molar-refractivity contribution in [2.24, 2.45) is 9.98 Å². The SMILES string of the molecule is CC(=O)[O-].CC(=O)[O-].CC(=O)[O-].CC(=O)[O-].CC(=O)[O-].CC(=O)[O-].CCCN=Cc1cc(C)cc(CN(Cc2ccccn2)Cc2ccccn2)c1[O-].CCCN=Cc1cc(C)cc(CN(Cc2ccccn2)Cc2ccccn2)c1[O-].CO.CO.[Na+].[Ni+2].[Ni+2].[Ni+3].[Ni+3].[O-][Cl+3]([O-])([O-])[O-]. The number of carboxylic acids is 6. The Balaban J connectivity index is -0.000000128. The number of carboxylic acid groups (broad SMARTS) is 6. The van der Waals surface area contributed by atoms with Crippen molar-refractivity contribution in [1.82, 2.24) is 29.7 Å². The van der Waals surface area contributed by atoms with E-state index in [0.717, 1.165) is 127 Å². The van der Waals surface area contributed by atoms with Gasteiger partial charge in [-0.25, -0.2) is 18.6 Å². The molecule has 0 fully saturated rings. The summed E-state index contributed by atoms with van der Waals surface area (Å²) in [5.74, 6) is -6.41. The quantitative estimate of drug-likeness (QED) is 0.0596. The minimum Gasteiger partial charge on any atom is -0.872 e. The van der Waals surface area contributed by atoms with E-state index in [0.29, 0.717) is 50.4 Å². The summed E-state index contributed by atoms with van der Waals surface area (Å²) in [4.78, 5) is 84.2. The van der Waals surface area contributed by atoms with Gasteiger partial charge in [-0.2, -0.15) is 0 Å². The number of hydrogen-bond donors (Lipinski definition) is 2. The summed E-state index contributed by atoms with van der Waals surface area (Å²) in [6.07, 6.45) is 12.5. The van der Waals surface area contributed by atoms with Crippen molar-refractivity contribution in [2.75, 3.05) is 27.3 Å². The number of carbonyl (C=O) groups excluding carboxylic acids is 6. The van der Waals surface area contributed by atoms with Crippen molar-refractivity contribution >= 4 is 48.2 Å². The molecule has 534 valence electrons. The number of nitrogens with zero attached hydrogens (tertiary/aromatic N) is 8. The fourth-order valence-electron chi connectivity index (χ4n) is 6.47. The van der Waals surface area contributed by atoms with Crippen LogP contribution in [0.5, 0.6) is 11.5 Å². The van der Waals surface area contributed by atoms with Crippen LogP contribution >= 0.6 is 0 Å². The summed E-state index contributed by atoms with van der Waals surface area (Å²) in [7, 11) is -2.94. The normalized spacial score (nSPS) is 9.21. The molecule has 2 N–H and O–H groups in total. The zero-order chi connectivity index (χ0) is 70.9. The predicted molar refractivity (Wildman–Crippen MR) is 310 cm³/mol. The van der Waals surface area contributed by atoms with E-state index in [1.807, 2.05) is 111 Å². The Morgan fingerprint density at radius 1 is 0.438 bits per heavy atom. The number of aryl methyl sites for hydroxylation is 2. The Morgan fingerprint density at radius 3 is 0.802 bits per heavy atom. The van der Waals surface area contributed by atoms with Crippen LogP contribution in [0.1, 0.15) is 124 Å². The first-order valence-corrected chi connectivity index (χ1v) is 28.2. The summed E-state index contributed by atoms with van der Waals surface area (Å²) in [5, 5.41) is 93.3. The second-order valence-corrected chi connectivity index (χ2v) is 18.4. The van der Waals surface area contributed by atoms with Gasteiger partial charge in [-0.15, -0.1) is 10.2 Å². The van der Waals surface area contributed by atoms with Crippen LogP contribution in [0.25, 0.3) is 0 Å². The maximum Gasteiger partial charge on any atom is 3.00 e. The second kappa shape index (κ2) is 71.5. The third kappa shape index (κ3) is 78.4. The number of aliphatic hydroxyl groups excluding tert-OH is 2. The van der Waals surface area contributed by atoms with Gasteiger partial charge >= 0.3 is 95.5 Å². The van der Waals surface area contributed by atoms with E-state index in [2.05, 4.69) is 53.6 Å². The van der Waals surface area contributed by atoms with E-state index in [1.165, 1.54) is 0 Å². The molecule has 0 saturated heterocycles. The van der Waals surface area contributed by atoms with Crippen LogP contribution in [0.3, 0.4) is 0 Å². The van der Waals surface area contributed by atoms with Crippen LogP contribution < -0.4 is 89.0 Å². The molecule has 2 radical (unpaired) electrons. The molecule has 4 heterocycles.